The maximum absolute atomic E-state index is 11.9. The number of amides is 1. The number of carboxylic acid groups (broad SMARTS) is 1. The molecule has 0 saturated carbocycles. The summed E-state index contributed by atoms with van der Waals surface area (Å²) in [7, 11) is 0. The minimum absolute atomic E-state index is 0.111. The van der Waals surface area contributed by atoms with Gasteiger partial charge in [-0.1, -0.05) is 12.1 Å². The Kier molecular flexibility index (Phi) is 4.13. The van der Waals surface area contributed by atoms with Crippen molar-refractivity contribution in [1.82, 2.24) is 15.3 Å². The van der Waals surface area contributed by atoms with Gasteiger partial charge in [0.2, 0.25) is 0 Å². The monoisotopic (exact) mass is 289 g/mol. The molecule has 7 heteroatoms. The first-order valence-corrected chi connectivity index (χ1v) is 6.31. The summed E-state index contributed by atoms with van der Waals surface area (Å²) in [5.41, 5.74) is -0.152. The quantitative estimate of drug-likeness (QED) is 0.742. The minimum Gasteiger partial charge on any atom is -0.481 e. The van der Waals surface area contributed by atoms with Crippen molar-refractivity contribution in [3.63, 3.8) is 0 Å². The minimum atomic E-state index is -1.52. The number of carbonyl (C=O) groups excluding carboxylic acids is 1. The molecule has 1 unspecified atom stereocenters. The molecule has 7 nitrogen and oxygen atoms in total. The van der Waals surface area contributed by atoms with Crippen molar-refractivity contribution in [2.75, 3.05) is 6.54 Å². The second-order valence-electron chi connectivity index (χ2n) is 4.99. The van der Waals surface area contributed by atoms with Gasteiger partial charge in [0, 0.05) is 6.54 Å². The molecule has 1 aromatic heterocycles. The second-order valence-corrected chi connectivity index (χ2v) is 4.99. The van der Waals surface area contributed by atoms with Crippen LogP contribution in [0.2, 0.25) is 0 Å². The second kappa shape index (κ2) is 5.84. The largest absolute Gasteiger partial charge is 0.481 e. The van der Waals surface area contributed by atoms with Crippen LogP contribution in [0, 0.1) is 0 Å². The van der Waals surface area contributed by atoms with Gasteiger partial charge in [-0.05, 0) is 19.1 Å². The molecule has 1 aromatic carbocycles. The number of carboxylic acids is 1. The number of rotatable bonds is 5. The Balaban J connectivity index is 2.07. The summed E-state index contributed by atoms with van der Waals surface area (Å²) >= 11 is 0. The van der Waals surface area contributed by atoms with Crippen molar-refractivity contribution in [2.24, 2.45) is 0 Å². The normalized spacial score (nSPS) is 13.6. The van der Waals surface area contributed by atoms with Gasteiger partial charge in [-0.25, -0.2) is 4.98 Å². The molecule has 0 radical (unpaired) electrons. The van der Waals surface area contributed by atoms with Crippen molar-refractivity contribution in [1.29, 1.82) is 0 Å². The molecule has 1 heterocycles. The SMILES string of the molecule is CC(O)(CNC(=O)c1cnc2ccccc2n1)CC(=O)O. The molecule has 2 aromatic rings. The van der Waals surface area contributed by atoms with Crippen molar-refractivity contribution in [2.45, 2.75) is 18.9 Å². The van der Waals surface area contributed by atoms with Gasteiger partial charge in [-0.3, -0.25) is 14.6 Å². The highest BCUT2D eigenvalue weighted by molar-refractivity contribution is 5.93. The lowest BCUT2D eigenvalue weighted by Gasteiger charge is -2.21. The molecule has 0 aliphatic rings. The molecule has 0 bridgehead atoms. The van der Waals surface area contributed by atoms with Crippen LogP contribution < -0.4 is 5.32 Å². The molecule has 2 rings (SSSR count). The molecule has 0 aliphatic heterocycles. The number of hydrogen-bond acceptors (Lipinski definition) is 5. The van der Waals surface area contributed by atoms with Crippen LogP contribution in [0.15, 0.2) is 30.5 Å². The van der Waals surface area contributed by atoms with Crippen LogP contribution in [0.4, 0.5) is 0 Å². The first-order chi connectivity index (χ1) is 9.87. The van der Waals surface area contributed by atoms with Crippen LogP contribution in [-0.4, -0.2) is 44.2 Å². The van der Waals surface area contributed by atoms with Crippen molar-refractivity contribution >= 4 is 22.9 Å². The molecule has 110 valence electrons. The van der Waals surface area contributed by atoms with Crippen LogP contribution in [0.25, 0.3) is 11.0 Å². The fourth-order valence-corrected chi connectivity index (χ4v) is 1.82. The molecule has 0 spiro atoms. The van der Waals surface area contributed by atoms with E-state index in [1.54, 1.807) is 18.2 Å². The average Bonchev–Trinajstić information content (AvgIpc) is 2.43. The van der Waals surface area contributed by atoms with E-state index >= 15 is 0 Å². The van der Waals surface area contributed by atoms with Crippen molar-refractivity contribution in [3.05, 3.63) is 36.2 Å². The average molecular weight is 289 g/mol. The van der Waals surface area contributed by atoms with E-state index in [0.717, 1.165) is 0 Å². The lowest BCUT2D eigenvalue weighted by Crippen LogP contribution is -2.42. The van der Waals surface area contributed by atoms with Gasteiger partial charge in [0.05, 0.1) is 29.3 Å². The van der Waals surface area contributed by atoms with Gasteiger partial charge in [0.15, 0.2) is 0 Å². The summed E-state index contributed by atoms with van der Waals surface area (Å²) in [6.07, 6.45) is 0.875. The number of aliphatic carboxylic acids is 1. The van der Waals surface area contributed by atoms with E-state index < -0.39 is 23.9 Å². The molecule has 0 fully saturated rings. The predicted molar refractivity (Wildman–Crippen MR) is 74.7 cm³/mol. The highest BCUT2D eigenvalue weighted by atomic mass is 16.4. The predicted octanol–water partition coefficient (Wildman–Crippen LogP) is 0.585. The Morgan fingerprint density at radius 3 is 2.62 bits per heavy atom. The Morgan fingerprint density at radius 2 is 1.95 bits per heavy atom. The number of benzene rings is 1. The van der Waals surface area contributed by atoms with Crippen LogP contribution in [-0.2, 0) is 4.79 Å². The third kappa shape index (κ3) is 3.96. The molecule has 1 amide bonds. The zero-order valence-electron chi connectivity index (χ0n) is 11.4. The number of carbonyl (C=O) groups is 2. The van der Waals surface area contributed by atoms with E-state index in [4.69, 9.17) is 5.11 Å². The Labute approximate surface area is 120 Å². The number of nitrogens with one attached hydrogen (secondary N) is 1. The number of para-hydroxylation sites is 2. The topological polar surface area (TPSA) is 112 Å². The standard InChI is InChI=1S/C14H15N3O4/c1-14(21,6-12(18)19)8-16-13(20)11-7-15-9-4-2-3-5-10(9)17-11/h2-5,7,21H,6,8H2,1H3,(H,16,20)(H,18,19). The number of aromatic nitrogens is 2. The number of hydrogen-bond donors (Lipinski definition) is 3. The summed E-state index contributed by atoms with van der Waals surface area (Å²) in [6.45, 7) is 1.15. The van der Waals surface area contributed by atoms with E-state index in [1.807, 2.05) is 6.07 Å². The van der Waals surface area contributed by atoms with Crippen molar-refractivity contribution in [3.8, 4) is 0 Å². The fraction of sp³-hybridized carbons (Fsp3) is 0.286. The van der Waals surface area contributed by atoms with E-state index in [0.29, 0.717) is 11.0 Å². The third-order valence-electron chi connectivity index (χ3n) is 2.84. The van der Waals surface area contributed by atoms with Gasteiger partial charge in [-0.2, -0.15) is 0 Å². The zero-order chi connectivity index (χ0) is 15.5. The maximum Gasteiger partial charge on any atom is 0.306 e. The van der Waals surface area contributed by atoms with Crippen LogP contribution >= 0.6 is 0 Å². The first kappa shape index (κ1) is 14.9. The summed E-state index contributed by atoms with van der Waals surface area (Å²) in [4.78, 5) is 30.8. The Morgan fingerprint density at radius 1 is 1.29 bits per heavy atom. The highest BCUT2D eigenvalue weighted by Gasteiger charge is 2.25. The molecule has 3 N–H and O–H groups in total. The summed E-state index contributed by atoms with van der Waals surface area (Å²) in [6, 6.07) is 7.12. The lowest BCUT2D eigenvalue weighted by molar-refractivity contribution is -0.141. The number of aliphatic hydroxyl groups is 1. The van der Waals surface area contributed by atoms with Crippen LogP contribution in [0.5, 0.6) is 0 Å². The zero-order valence-corrected chi connectivity index (χ0v) is 11.4. The van der Waals surface area contributed by atoms with E-state index in [9.17, 15) is 14.7 Å². The van der Waals surface area contributed by atoms with Crippen molar-refractivity contribution < 1.29 is 19.8 Å². The van der Waals surface area contributed by atoms with E-state index in [2.05, 4.69) is 15.3 Å². The summed E-state index contributed by atoms with van der Waals surface area (Å²) < 4.78 is 0. The third-order valence-corrected chi connectivity index (χ3v) is 2.84. The fourth-order valence-electron chi connectivity index (χ4n) is 1.82. The first-order valence-electron chi connectivity index (χ1n) is 6.31. The Bertz CT molecular complexity index is 685. The van der Waals surface area contributed by atoms with Gasteiger partial charge in [0.25, 0.3) is 5.91 Å². The smallest absolute Gasteiger partial charge is 0.306 e. The molecule has 1 atom stereocenters. The molecular weight excluding hydrogens is 274 g/mol. The molecule has 21 heavy (non-hydrogen) atoms. The van der Waals surface area contributed by atoms with Gasteiger partial charge >= 0.3 is 5.97 Å². The Hall–Kier alpha value is -2.54. The van der Waals surface area contributed by atoms with E-state index in [-0.39, 0.29) is 12.2 Å². The highest BCUT2D eigenvalue weighted by Crippen LogP contribution is 2.10. The van der Waals surface area contributed by atoms with Crippen LogP contribution in [0.1, 0.15) is 23.8 Å². The summed E-state index contributed by atoms with van der Waals surface area (Å²) in [5.74, 6) is -1.65. The molecule has 0 aliphatic carbocycles. The van der Waals surface area contributed by atoms with Gasteiger partial charge in [0.1, 0.15) is 5.69 Å². The number of nitrogens with zero attached hydrogens (tertiary/aromatic N) is 2. The molecule has 0 saturated heterocycles. The maximum atomic E-state index is 11.9. The van der Waals surface area contributed by atoms with Crippen LogP contribution in [0.3, 0.4) is 0 Å². The van der Waals surface area contributed by atoms with Gasteiger partial charge < -0.3 is 15.5 Å². The van der Waals surface area contributed by atoms with E-state index in [1.165, 1.54) is 13.1 Å². The summed E-state index contributed by atoms with van der Waals surface area (Å²) in [5, 5.41) is 20.9. The van der Waals surface area contributed by atoms with Gasteiger partial charge in [-0.15, -0.1) is 0 Å². The lowest BCUT2D eigenvalue weighted by atomic mass is 10.0. The number of fused-ring (bicyclic) bond motifs is 1. The molecular formula is C14H15N3O4.